The average Bonchev–Trinajstić information content (AvgIpc) is 3.33. The molecule has 1 aromatic carbocycles. The van der Waals surface area contributed by atoms with Crippen molar-refractivity contribution in [3.63, 3.8) is 0 Å². The number of benzene rings is 1. The third-order valence-corrected chi connectivity index (χ3v) is 10.1. The van der Waals surface area contributed by atoms with Gasteiger partial charge in [0.15, 0.2) is 5.01 Å². The van der Waals surface area contributed by atoms with Gasteiger partial charge in [-0.2, -0.15) is 9.61 Å². The molecule has 0 unspecified atom stereocenters. The van der Waals surface area contributed by atoms with Crippen LogP contribution in [-0.2, 0) is 11.3 Å². The highest BCUT2D eigenvalue weighted by Gasteiger charge is 2.55. The summed E-state index contributed by atoms with van der Waals surface area (Å²) in [5.74, 6) is 3.50. The third-order valence-electron chi connectivity index (χ3n) is 9.17. The minimum atomic E-state index is -0.173. The minimum absolute atomic E-state index is 0.0660. The summed E-state index contributed by atoms with van der Waals surface area (Å²) in [6, 6.07) is 9.25. The van der Waals surface area contributed by atoms with Crippen LogP contribution in [0.1, 0.15) is 44.2 Å². The highest BCUT2D eigenvalue weighted by atomic mass is 32.1. The standard InChI is InChI=1S/C28H33N5O3S/c1-36-23-5-3-2-4-22(23)25-30-33-24(34)13-21(29-27(33)37-25)17-31-6-8-32(9-7-31)26(35)28-14-18-10-19(15-28)12-20(11-18)16-28/h2-5,13,18-20H,6-12,14-17H2,1H3. The zero-order chi connectivity index (χ0) is 25.1. The summed E-state index contributed by atoms with van der Waals surface area (Å²) in [7, 11) is 1.63. The van der Waals surface area contributed by atoms with Crippen molar-refractivity contribution in [1.29, 1.82) is 0 Å². The molecule has 37 heavy (non-hydrogen) atoms. The zero-order valence-corrected chi connectivity index (χ0v) is 22.1. The maximum Gasteiger partial charge on any atom is 0.275 e. The summed E-state index contributed by atoms with van der Waals surface area (Å²) in [6.45, 7) is 3.76. The van der Waals surface area contributed by atoms with Crippen LogP contribution in [0, 0.1) is 23.2 Å². The second-order valence-electron chi connectivity index (χ2n) is 11.7. The van der Waals surface area contributed by atoms with Gasteiger partial charge in [-0.3, -0.25) is 14.5 Å². The fourth-order valence-corrected chi connectivity index (χ4v) is 8.87. The molecule has 3 aromatic rings. The summed E-state index contributed by atoms with van der Waals surface area (Å²) < 4.78 is 6.84. The highest BCUT2D eigenvalue weighted by molar-refractivity contribution is 7.19. The normalized spacial score (nSPS) is 29.2. The third kappa shape index (κ3) is 4.07. The van der Waals surface area contributed by atoms with Crippen molar-refractivity contribution in [1.82, 2.24) is 24.4 Å². The zero-order valence-electron chi connectivity index (χ0n) is 21.3. The topological polar surface area (TPSA) is 80.0 Å². The highest BCUT2D eigenvalue weighted by Crippen LogP contribution is 2.60. The number of piperazine rings is 1. The summed E-state index contributed by atoms with van der Waals surface area (Å²) in [6.07, 6.45) is 7.44. The van der Waals surface area contributed by atoms with Crippen LogP contribution < -0.4 is 10.3 Å². The Kier molecular flexibility index (Phi) is 5.62. The molecule has 4 aliphatic carbocycles. The molecule has 1 amide bonds. The Morgan fingerprint density at radius 2 is 1.73 bits per heavy atom. The number of amides is 1. The van der Waals surface area contributed by atoms with Gasteiger partial charge >= 0.3 is 0 Å². The molecule has 194 valence electrons. The van der Waals surface area contributed by atoms with E-state index in [2.05, 4.69) is 14.9 Å². The number of carbonyl (C=O) groups excluding carboxylic acids is 1. The molecule has 5 aliphatic rings. The molecule has 5 fully saturated rings. The average molecular weight is 520 g/mol. The summed E-state index contributed by atoms with van der Waals surface area (Å²) in [5.41, 5.74) is 1.36. The molecule has 1 aliphatic heterocycles. The first-order valence-electron chi connectivity index (χ1n) is 13.5. The quantitative estimate of drug-likeness (QED) is 0.512. The number of hydrogen-bond acceptors (Lipinski definition) is 7. The first-order chi connectivity index (χ1) is 18.0. The van der Waals surface area contributed by atoms with E-state index in [1.807, 2.05) is 24.3 Å². The van der Waals surface area contributed by atoms with E-state index in [1.54, 1.807) is 13.2 Å². The number of para-hydroxylation sites is 1. The molecule has 4 saturated carbocycles. The van der Waals surface area contributed by atoms with Crippen LogP contribution in [0.4, 0.5) is 0 Å². The Morgan fingerprint density at radius 3 is 2.41 bits per heavy atom. The van der Waals surface area contributed by atoms with Crippen LogP contribution in [0.3, 0.4) is 0 Å². The second-order valence-corrected chi connectivity index (χ2v) is 12.6. The Hall–Kier alpha value is -2.78. The Bertz CT molecular complexity index is 1370. The van der Waals surface area contributed by atoms with Crippen LogP contribution in [-0.4, -0.2) is 63.6 Å². The van der Waals surface area contributed by atoms with Crippen LogP contribution in [0.15, 0.2) is 35.1 Å². The van der Waals surface area contributed by atoms with Crippen molar-refractivity contribution < 1.29 is 9.53 Å². The van der Waals surface area contributed by atoms with Gasteiger partial charge in [0.25, 0.3) is 5.56 Å². The van der Waals surface area contributed by atoms with Gasteiger partial charge in [0.05, 0.1) is 23.8 Å². The second kappa shape index (κ2) is 8.91. The van der Waals surface area contributed by atoms with Gasteiger partial charge in [0, 0.05) is 38.8 Å². The van der Waals surface area contributed by atoms with Crippen molar-refractivity contribution in [2.45, 2.75) is 45.1 Å². The lowest BCUT2D eigenvalue weighted by Gasteiger charge is -2.57. The number of nitrogens with zero attached hydrogens (tertiary/aromatic N) is 5. The van der Waals surface area contributed by atoms with Crippen LogP contribution in [0.25, 0.3) is 15.5 Å². The van der Waals surface area contributed by atoms with E-state index in [4.69, 9.17) is 9.72 Å². The number of aromatic nitrogens is 3. The Labute approximate surface area is 220 Å². The van der Waals surface area contributed by atoms with Gasteiger partial charge in [-0.15, -0.1) is 0 Å². The van der Waals surface area contributed by atoms with Crippen molar-refractivity contribution in [3.8, 4) is 16.3 Å². The molecule has 0 radical (unpaired) electrons. The maximum atomic E-state index is 13.7. The molecule has 8 rings (SSSR count). The lowest BCUT2D eigenvalue weighted by atomic mass is 9.49. The monoisotopic (exact) mass is 519 g/mol. The largest absolute Gasteiger partial charge is 0.496 e. The molecule has 1 saturated heterocycles. The lowest BCUT2D eigenvalue weighted by molar-refractivity contribution is -0.159. The first-order valence-corrected chi connectivity index (χ1v) is 14.4. The predicted molar refractivity (Wildman–Crippen MR) is 142 cm³/mol. The number of fused-ring (bicyclic) bond motifs is 1. The first kappa shape index (κ1) is 23.3. The van der Waals surface area contributed by atoms with E-state index >= 15 is 0 Å². The van der Waals surface area contributed by atoms with E-state index in [0.29, 0.717) is 22.4 Å². The molecular weight excluding hydrogens is 486 g/mol. The van der Waals surface area contributed by atoms with Crippen molar-refractivity contribution in [3.05, 3.63) is 46.4 Å². The fourth-order valence-electron chi connectivity index (χ4n) is 7.91. The number of ether oxygens (including phenoxy) is 1. The molecule has 0 spiro atoms. The Balaban J connectivity index is 1.04. The lowest BCUT2D eigenvalue weighted by Crippen LogP contribution is -2.58. The molecular formula is C28H33N5O3S. The molecule has 3 heterocycles. The maximum absolute atomic E-state index is 13.7. The molecule has 4 bridgehead atoms. The molecule has 8 nitrogen and oxygen atoms in total. The van der Waals surface area contributed by atoms with E-state index in [0.717, 1.165) is 80.2 Å². The fraction of sp³-hybridized carbons (Fsp3) is 0.571. The van der Waals surface area contributed by atoms with Gasteiger partial charge < -0.3 is 9.64 Å². The molecule has 2 aromatic heterocycles. The van der Waals surface area contributed by atoms with Gasteiger partial charge in [-0.25, -0.2) is 4.98 Å². The minimum Gasteiger partial charge on any atom is -0.496 e. The van der Waals surface area contributed by atoms with Gasteiger partial charge in [0.1, 0.15) is 5.75 Å². The summed E-state index contributed by atoms with van der Waals surface area (Å²) in [4.78, 5) is 36.4. The van der Waals surface area contributed by atoms with E-state index in [9.17, 15) is 9.59 Å². The van der Waals surface area contributed by atoms with Crippen LogP contribution >= 0.6 is 11.3 Å². The summed E-state index contributed by atoms with van der Waals surface area (Å²) in [5, 5.41) is 5.21. The number of carbonyl (C=O) groups is 1. The van der Waals surface area contributed by atoms with Gasteiger partial charge in [-0.1, -0.05) is 23.5 Å². The van der Waals surface area contributed by atoms with Crippen LogP contribution in [0.5, 0.6) is 5.75 Å². The number of rotatable bonds is 5. The SMILES string of the molecule is COc1ccccc1-c1nn2c(=O)cc(CN3CCN(C(=O)C45CC6CC(CC(C6)C4)C5)CC3)nc2s1. The molecule has 0 N–H and O–H groups in total. The molecule has 0 atom stereocenters. The van der Waals surface area contributed by atoms with Crippen molar-refractivity contribution in [2.75, 3.05) is 33.3 Å². The Morgan fingerprint density at radius 1 is 1.05 bits per heavy atom. The number of hydrogen-bond donors (Lipinski definition) is 0. The molecule has 9 heteroatoms. The smallest absolute Gasteiger partial charge is 0.275 e. The van der Waals surface area contributed by atoms with E-state index in [1.165, 1.54) is 35.1 Å². The van der Waals surface area contributed by atoms with Crippen molar-refractivity contribution in [2.24, 2.45) is 23.2 Å². The summed E-state index contributed by atoms with van der Waals surface area (Å²) >= 11 is 1.39. The van der Waals surface area contributed by atoms with E-state index < -0.39 is 0 Å². The van der Waals surface area contributed by atoms with Gasteiger partial charge in [-0.05, 0) is 68.4 Å². The van der Waals surface area contributed by atoms with Crippen LogP contribution in [0.2, 0.25) is 0 Å². The van der Waals surface area contributed by atoms with E-state index in [-0.39, 0.29) is 11.0 Å². The predicted octanol–water partition coefficient (Wildman–Crippen LogP) is 3.69. The van der Waals surface area contributed by atoms with Gasteiger partial charge in [0.2, 0.25) is 10.9 Å². The van der Waals surface area contributed by atoms with Crippen molar-refractivity contribution >= 4 is 22.2 Å². The number of methoxy groups -OCH3 is 1.